The Morgan fingerprint density at radius 2 is 2.14 bits per heavy atom. The molecule has 0 spiro atoms. The average molecular weight is 306 g/mol. The molecule has 7 nitrogen and oxygen atoms in total. The zero-order valence-corrected chi connectivity index (χ0v) is 13.4. The van der Waals surface area contributed by atoms with E-state index in [1.165, 1.54) is 5.56 Å². The Hall–Kier alpha value is -2.05. The third kappa shape index (κ3) is 5.75. The molecule has 0 atom stereocenters. The summed E-state index contributed by atoms with van der Waals surface area (Å²) in [7, 11) is 1.91. The number of carbonyl (C=O) groups excluding carboxylic acids is 1. The van der Waals surface area contributed by atoms with E-state index >= 15 is 0 Å². The van der Waals surface area contributed by atoms with Crippen LogP contribution in [0.15, 0.2) is 17.4 Å². The van der Waals surface area contributed by atoms with Crippen molar-refractivity contribution < 1.29 is 4.79 Å². The number of hydrogen-bond acceptors (Lipinski definition) is 3. The van der Waals surface area contributed by atoms with Crippen LogP contribution in [0.1, 0.15) is 25.3 Å². The highest BCUT2D eigenvalue weighted by atomic mass is 16.2. The molecule has 0 aromatic carbocycles. The van der Waals surface area contributed by atoms with E-state index in [0.717, 1.165) is 31.8 Å². The normalized spacial score (nSPS) is 14.7. The smallest absolute Gasteiger partial charge is 0.223 e. The maximum atomic E-state index is 11.5. The molecule has 1 heterocycles. The highest BCUT2D eigenvalue weighted by molar-refractivity contribution is 5.81. The van der Waals surface area contributed by atoms with E-state index in [1.54, 1.807) is 4.68 Å². The summed E-state index contributed by atoms with van der Waals surface area (Å²) in [6, 6.07) is 0. The van der Waals surface area contributed by atoms with Gasteiger partial charge in [0.15, 0.2) is 5.96 Å². The van der Waals surface area contributed by atoms with Crippen LogP contribution in [0.25, 0.3) is 0 Å². The molecule has 0 bridgehead atoms. The van der Waals surface area contributed by atoms with Gasteiger partial charge in [-0.3, -0.25) is 14.5 Å². The number of rotatable bonds is 8. The number of aryl methyl sites for hydroxylation is 1. The Bertz CT molecular complexity index is 506. The molecule has 7 heteroatoms. The lowest BCUT2D eigenvalue weighted by molar-refractivity contribution is -0.122. The van der Waals surface area contributed by atoms with E-state index in [0.29, 0.717) is 19.6 Å². The number of aromatic nitrogens is 2. The van der Waals surface area contributed by atoms with Crippen molar-refractivity contribution in [1.29, 1.82) is 0 Å². The molecule has 122 valence electrons. The first-order valence-corrected chi connectivity index (χ1v) is 7.96. The van der Waals surface area contributed by atoms with Crippen molar-refractivity contribution in [2.75, 3.05) is 26.2 Å². The van der Waals surface area contributed by atoms with Gasteiger partial charge in [-0.05, 0) is 31.7 Å². The third-order valence-electron chi connectivity index (χ3n) is 3.44. The summed E-state index contributed by atoms with van der Waals surface area (Å²) in [5, 5.41) is 13.5. The highest BCUT2D eigenvalue weighted by Crippen LogP contribution is 2.28. The number of aliphatic imine (C=N–C) groups is 1. The Balaban J connectivity index is 1.66. The monoisotopic (exact) mass is 306 g/mol. The number of nitrogens with one attached hydrogen (secondary N) is 3. The minimum Gasteiger partial charge on any atom is -0.357 e. The van der Waals surface area contributed by atoms with Crippen molar-refractivity contribution in [3.63, 3.8) is 0 Å². The van der Waals surface area contributed by atoms with Crippen LogP contribution in [0.2, 0.25) is 0 Å². The summed E-state index contributed by atoms with van der Waals surface area (Å²) in [4.78, 5) is 16.0. The molecule has 0 unspecified atom stereocenters. The Morgan fingerprint density at radius 3 is 2.77 bits per heavy atom. The van der Waals surface area contributed by atoms with E-state index in [-0.39, 0.29) is 11.8 Å². The molecule has 1 saturated carbocycles. The summed E-state index contributed by atoms with van der Waals surface area (Å²) in [6.45, 7) is 4.86. The summed E-state index contributed by atoms with van der Waals surface area (Å²) in [6.07, 6.45) is 6.81. The number of guanidine groups is 1. The summed E-state index contributed by atoms with van der Waals surface area (Å²) in [5.41, 5.74) is 1.18. The number of carbonyl (C=O) groups is 1. The highest BCUT2D eigenvalue weighted by Gasteiger charge is 2.28. The van der Waals surface area contributed by atoms with Gasteiger partial charge in [0.05, 0.1) is 6.20 Å². The molecule has 0 saturated heterocycles. The van der Waals surface area contributed by atoms with Crippen LogP contribution in [0.3, 0.4) is 0 Å². The standard InChI is InChI=1S/C15H26N6O/c1-3-16-15(18-7-6-12-10-20-21(2)11-12)19-9-8-17-14(22)13-4-5-13/h10-11,13H,3-9H2,1-2H3,(H,17,22)(H2,16,18,19). The van der Waals surface area contributed by atoms with Gasteiger partial charge < -0.3 is 16.0 Å². The molecule has 0 aliphatic heterocycles. The van der Waals surface area contributed by atoms with Crippen LogP contribution in [0.4, 0.5) is 0 Å². The molecule has 1 aliphatic carbocycles. The first kappa shape index (κ1) is 16.3. The van der Waals surface area contributed by atoms with Crippen molar-refractivity contribution in [2.24, 2.45) is 18.0 Å². The maximum Gasteiger partial charge on any atom is 0.223 e. The number of hydrogen-bond donors (Lipinski definition) is 3. The quantitative estimate of drug-likeness (QED) is 0.360. The van der Waals surface area contributed by atoms with Crippen LogP contribution < -0.4 is 16.0 Å². The molecule has 2 rings (SSSR count). The fraction of sp³-hybridized carbons (Fsp3) is 0.667. The molecule has 1 fully saturated rings. The molecular formula is C15H26N6O. The van der Waals surface area contributed by atoms with E-state index in [2.05, 4.69) is 26.0 Å². The van der Waals surface area contributed by atoms with Crippen molar-refractivity contribution >= 4 is 11.9 Å². The zero-order valence-electron chi connectivity index (χ0n) is 13.4. The average Bonchev–Trinajstić information content (AvgIpc) is 3.27. The van der Waals surface area contributed by atoms with Gasteiger partial charge in [-0.2, -0.15) is 5.10 Å². The van der Waals surface area contributed by atoms with Gasteiger partial charge in [-0.15, -0.1) is 0 Å². The van der Waals surface area contributed by atoms with E-state index in [1.807, 2.05) is 26.4 Å². The van der Waals surface area contributed by atoms with E-state index < -0.39 is 0 Å². The van der Waals surface area contributed by atoms with Gasteiger partial charge >= 0.3 is 0 Å². The number of amides is 1. The first-order valence-electron chi connectivity index (χ1n) is 7.96. The SMILES string of the molecule is CCNC(=NCCc1cnn(C)c1)NCCNC(=O)C1CC1. The van der Waals surface area contributed by atoms with Crippen LogP contribution in [-0.4, -0.2) is 47.8 Å². The molecule has 1 aliphatic rings. The molecule has 1 aromatic heterocycles. The zero-order chi connectivity index (χ0) is 15.8. The van der Waals surface area contributed by atoms with Crippen LogP contribution in [0, 0.1) is 5.92 Å². The Kier molecular flexibility index (Phi) is 6.24. The fourth-order valence-electron chi connectivity index (χ4n) is 2.10. The summed E-state index contributed by atoms with van der Waals surface area (Å²) >= 11 is 0. The van der Waals surface area contributed by atoms with Gasteiger partial charge in [-0.25, -0.2) is 0 Å². The van der Waals surface area contributed by atoms with Crippen LogP contribution in [0.5, 0.6) is 0 Å². The van der Waals surface area contributed by atoms with E-state index in [4.69, 9.17) is 0 Å². The van der Waals surface area contributed by atoms with Gasteiger partial charge in [0, 0.05) is 45.3 Å². The predicted molar refractivity (Wildman–Crippen MR) is 86.6 cm³/mol. The van der Waals surface area contributed by atoms with Crippen molar-refractivity contribution in [1.82, 2.24) is 25.7 Å². The largest absolute Gasteiger partial charge is 0.357 e. The summed E-state index contributed by atoms with van der Waals surface area (Å²) in [5.74, 6) is 1.23. The molecule has 1 aromatic rings. The second-order valence-electron chi connectivity index (χ2n) is 5.52. The predicted octanol–water partition coefficient (Wildman–Crippen LogP) is 0.0439. The molecule has 22 heavy (non-hydrogen) atoms. The molecule has 3 N–H and O–H groups in total. The number of nitrogens with zero attached hydrogens (tertiary/aromatic N) is 3. The summed E-state index contributed by atoms with van der Waals surface area (Å²) < 4.78 is 1.80. The van der Waals surface area contributed by atoms with Crippen LogP contribution in [-0.2, 0) is 18.3 Å². The Labute approximate surface area is 131 Å². The van der Waals surface area contributed by atoms with Crippen molar-refractivity contribution in [3.8, 4) is 0 Å². The van der Waals surface area contributed by atoms with E-state index in [9.17, 15) is 4.79 Å². The van der Waals surface area contributed by atoms with Crippen LogP contribution >= 0.6 is 0 Å². The van der Waals surface area contributed by atoms with Gasteiger partial charge in [0.1, 0.15) is 0 Å². The van der Waals surface area contributed by atoms with Gasteiger partial charge in [0.25, 0.3) is 0 Å². The van der Waals surface area contributed by atoms with Gasteiger partial charge in [-0.1, -0.05) is 0 Å². The lowest BCUT2D eigenvalue weighted by Gasteiger charge is -2.11. The lowest BCUT2D eigenvalue weighted by Crippen LogP contribution is -2.41. The fourth-order valence-corrected chi connectivity index (χ4v) is 2.10. The first-order chi connectivity index (χ1) is 10.7. The van der Waals surface area contributed by atoms with Crippen molar-refractivity contribution in [2.45, 2.75) is 26.2 Å². The molecular weight excluding hydrogens is 280 g/mol. The van der Waals surface area contributed by atoms with Crippen molar-refractivity contribution in [3.05, 3.63) is 18.0 Å². The minimum atomic E-state index is 0.181. The molecule has 1 amide bonds. The second-order valence-corrected chi connectivity index (χ2v) is 5.52. The Morgan fingerprint density at radius 1 is 1.36 bits per heavy atom. The molecule has 0 radical (unpaired) electrons. The second kappa shape index (κ2) is 8.41. The van der Waals surface area contributed by atoms with Gasteiger partial charge in [0.2, 0.25) is 5.91 Å². The topological polar surface area (TPSA) is 83.3 Å². The minimum absolute atomic E-state index is 0.181. The maximum absolute atomic E-state index is 11.5. The third-order valence-corrected chi connectivity index (χ3v) is 3.44. The lowest BCUT2D eigenvalue weighted by atomic mass is 10.3.